The van der Waals surface area contributed by atoms with Gasteiger partial charge in [0.1, 0.15) is 0 Å². The number of hydrogen-bond acceptors (Lipinski definition) is 3. The fourth-order valence-corrected chi connectivity index (χ4v) is 2.46. The van der Waals surface area contributed by atoms with Gasteiger partial charge in [0.15, 0.2) is 0 Å². The smallest absolute Gasteiger partial charge is 0.203 e. The lowest BCUT2D eigenvalue weighted by molar-refractivity contribution is 0.327. The lowest BCUT2D eigenvalue weighted by atomic mass is 10.3. The molecule has 2 rings (SSSR count). The Balaban J connectivity index is 1.88. The average Bonchev–Trinajstić information content (AvgIpc) is 2.88. The van der Waals surface area contributed by atoms with E-state index in [-0.39, 0.29) is 0 Å². The van der Waals surface area contributed by atoms with E-state index in [0.29, 0.717) is 12.1 Å². The van der Waals surface area contributed by atoms with Gasteiger partial charge in [-0.15, -0.1) is 0 Å². The zero-order chi connectivity index (χ0) is 12.3. The Labute approximate surface area is 104 Å². The van der Waals surface area contributed by atoms with Crippen molar-refractivity contribution in [3.05, 3.63) is 12.4 Å². The molecule has 0 spiro atoms. The van der Waals surface area contributed by atoms with Gasteiger partial charge in [0.05, 0.1) is 0 Å². The maximum absolute atomic E-state index is 4.39. The molecule has 4 heteroatoms. The second-order valence-electron chi connectivity index (χ2n) is 5.30. The second kappa shape index (κ2) is 5.54. The molecule has 1 atom stereocenters. The normalized spacial score (nSPS) is 18.8. The summed E-state index contributed by atoms with van der Waals surface area (Å²) >= 11 is 0. The van der Waals surface area contributed by atoms with Gasteiger partial charge in [-0.2, -0.15) is 0 Å². The Kier molecular flexibility index (Phi) is 4.05. The third kappa shape index (κ3) is 3.22. The quantitative estimate of drug-likeness (QED) is 0.852. The number of nitrogens with one attached hydrogen (secondary N) is 1. The molecule has 1 unspecified atom stereocenters. The molecule has 96 valence electrons. The van der Waals surface area contributed by atoms with Crippen LogP contribution < -0.4 is 5.32 Å². The molecule has 17 heavy (non-hydrogen) atoms. The van der Waals surface area contributed by atoms with Crippen LogP contribution in [0.4, 0.5) is 5.95 Å². The van der Waals surface area contributed by atoms with Crippen LogP contribution in [0, 0.1) is 0 Å². The van der Waals surface area contributed by atoms with Crippen LogP contribution in [-0.2, 0) is 0 Å². The van der Waals surface area contributed by atoms with Crippen LogP contribution in [-0.4, -0.2) is 40.1 Å². The molecule has 4 nitrogen and oxygen atoms in total. The molecule has 2 heterocycles. The Hall–Kier alpha value is -1.03. The summed E-state index contributed by atoms with van der Waals surface area (Å²) in [5, 5.41) is 3.51. The fraction of sp³-hybridized carbons (Fsp3) is 0.769. The molecule has 1 aromatic heterocycles. The van der Waals surface area contributed by atoms with Crippen LogP contribution in [0.2, 0.25) is 0 Å². The molecule has 1 aliphatic rings. The Morgan fingerprint density at radius 2 is 2.00 bits per heavy atom. The number of imidazole rings is 1. The zero-order valence-corrected chi connectivity index (χ0v) is 11.2. The molecule has 1 aliphatic heterocycles. The number of anilines is 1. The van der Waals surface area contributed by atoms with E-state index in [9.17, 15) is 0 Å². The van der Waals surface area contributed by atoms with Crippen molar-refractivity contribution < 1.29 is 0 Å². The summed E-state index contributed by atoms with van der Waals surface area (Å²) in [5.74, 6) is 0.992. The molecule has 1 fully saturated rings. The first-order valence-corrected chi connectivity index (χ1v) is 6.68. The molecule has 0 bridgehead atoms. The first-order valence-electron chi connectivity index (χ1n) is 6.68. The first-order chi connectivity index (χ1) is 8.16. The predicted octanol–water partition coefficient (Wildman–Crippen LogP) is 2.36. The van der Waals surface area contributed by atoms with E-state index in [2.05, 4.69) is 40.5 Å². The van der Waals surface area contributed by atoms with Crippen LogP contribution in [0.1, 0.15) is 39.7 Å². The van der Waals surface area contributed by atoms with E-state index >= 15 is 0 Å². The highest BCUT2D eigenvalue weighted by Crippen LogP contribution is 2.14. The molecule has 0 aromatic carbocycles. The van der Waals surface area contributed by atoms with Crippen molar-refractivity contribution in [2.24, 2.45) is 0 Å². The van der Waals surface area contributed by atoms with Gasteiger partial charge in [-0.25, -0.2) is 4.98 Å². The van der Waals surface area contributed by atoms with Crippen molar-refractivity contribution in [2.75, 3.05) is 25.0 Å². The van der Waals surface area contributed by atoms with Gasteiger partial charge in [-0.05, 0) is 46.7 Å². The van der Waals surface area contributed by atoms with Crippen LogP contribution in [0.25, 0.3) is 0 Å². The minimum Gasteiger partial charge on any atom is -0.352 e. The largest absolute Gasteiger partial charge is 0.352 e. The summed E-state index contributed by atoms with van der Waals surface area (Å²) in [6.07, 6.45) is 6.61. The van der Waals surface area contributed by atoms with Gasteiger partial charge in [-0.1, -0.05) is 0 Å². The number of nitrogens with zero attached hydrogens (tertiary/aromatic N) is 3. The summed E-state index contributed by atoms with van der Waals surface area (Å²) in [6.45, 7) is 10.2. The van der Waals surface area contributed by atoms with Gasteiger partial charge in [-0.3, -0.25) is 0 Å². The van der Waals surface area contributed by atoms with Crippen molar-refractivity contribution >= 4 is 5.95 Å². The number of aromatic nitrogens is 2. The van der Waals surface area contributed by atoms with Crippen LogP contribution >= 0.6 is 0 Å². The number of rotatable bonds is 5. The lowest BCUT2D eigenvalue weighted by Gasteiger charge is -2.22. The summed E-state index contributed by atoms with van der Waals surface area (Å²) < 4.78 is 2.18. The maximum atomic E-state index is 4.39. The van der Waals surface area contributed by atoms with Gasteiger partial charge >= 0.3 is 0 Å². The SMILES string of the molecule is CC(CN1CCCC1)Nc1nccn1C(C)C. The Morgan fingerprint density at radius 3 is 2.65 bits per heavy atom. The fourth-order valence-electron chi connectivity index (χ4n) is 2.46. The van der Waals surface area contributed by atoms with Crippen molar-refractivity contribution in [1.29, 1.82) is 0 Å². The number of hydrogen-bond donors (Lipinski definition) is 1. The van der Waals surface area contributed by atoms with Crippen molar-refractivity contribution in [3.63, 3.8) is 0 Å². The van der Waals surface area contributed by atoms with Gasteiger partial charge in [0.2, 0.25) is 5.95 Å². The lowest BCUT2D eigenvalue weighted by Crippen LogP contribution is -2.33. The molecule has 0 radical (unpaired) electrons. The van der Waals surface area contributed by atoms with E-state index in [0.717, 1.165) is 12.5 Å². The van der Waals surface area contributed by atoms with Gasteiger partial charge < -0.3 is 14.8 Å². The second-order valence-corrected chi connectivity index (χ2v) is 5.30. The molecular weight excluding hydrogens is 212 g/mol. The van der Waals surface area contributed by atoms with E-state index in [4.69, 9.17) is 0 Å². The minimum atomic E-state index is 0.452. The van der Waals surface area contributed by atoms with E-state index in [1.165, 1.54) is 25.9 Å². The first kappa shape index (κ1) is 12.4. The molecular formula is C13H24N4. The van der Waals surface area contributed by atoms with Gasteiger partial charge in [0, 0.05) is 31.0 Å². The summed E-state index contributed by atoms with van der Waals surface area (Å²) in [7, 11) is 0. The van der Waals surface area contributed by atoms with Crippen molar-refractivity contribution in [2.45, 2.75) is 45.7 Å². The van der Waals surface area contributed by atoms with E-state index in [1.807, 2.05) is 12.4 Å². The van der Waals surface area contributed by atoms with Gasteiger partial charge in [0.25, 0.3) is 0 Å². The summed E-state index contributed by atoms with van der Waals surface area (Å²) in [6, 6.07) is 0.909. The summed E-state index contributed by atoms with van der Waals surface area (Å²) in [4.78, 5) is 6.91. The van der Waals surface area contributed by atoms with Crippen LogP contribution in [0.15, 0.2) is 12.4 Å². The third-order valence-electron chi connectivity index (χ3n) is 3.33. The molecule has 0 amide bonds. The zero-order valence-electron chi connectivity index (χ0n) is 11.2. The summed E-state index contributed by atoms with van der Waals surface area (Å²) in [5.41, 5.74) is 0. The highest BCUT2D eigenvalue weighted by atomic mass is 15.2. The van der Waals surface area contributed by atoms with E-state index < -0.39 is 0 Å². The maximum Gasteiger partial charge on any atom is 0.203 e. The topological polar surface area (TPSA) is 33.1 Å². The molecule has 0 aliphatic carbocycles. The van der Waals surface area contributed by atoms with Crippen molar-refractivity contribution in [1.82, 2.24) is 14.5 Å². The standard InChI is InChI=1S/C13H24N4/c1-11(2)17-9-6-14-13(17)15-12(3)10-16-7-4-5-8-16/h6,9,11-12H,4-5,7-8,10H2,1-3H3,(H,14,15). The highest BCUT2D eigenvalue weighted by molar-refractivity contribution is 5.28. The third-order valence-corrected chi connectivity index (χ3v) is 3.33. The van der Waals surface area contributed by atoms with Crippen molar-refractivity contribution in [3.8, 4) is 0 Å². The predicted molar refractivity (Wildman–Crippen MR) is 71.4 cm³/mol. The van der Waals surface area contributed by atoms with Crippen LogP contribution in [0.3, 0.4) is 0 Å². The minimum absolute atomic E-state index is 0.452. The highest BCUT2D eigenvalue weighted by Gasteiger charge is 2.15. The van der Waals surface area contributed by atoms with Crippen LogP contribution in [0.5, 0.6) is 0 Å². The average molecular weight is 236 g/mol. The molecule has 1 saturated heterocycles. The number of likely N-dealkylation sites (tertiary alicyclic amines) is 1. The van der Waals surface area contributed by atoms with E-state index in [1.54, 1.807) is 0 Å². The molecule has 1 N–H and O–H groups in total. The molecule has 0 saturated carbocycles. The Morgan fingerprint density at radius 1 is 1.29 bits per heavy atom. The molecule has 1 aromatic rings. The Bertz CT molecular complexity index is 339. The monoisotopic (exact) mass is 236 g/mol.